The van der Waals surface area contributed by atoms with Gasteiger partial charge in [0.25, 0.3) is 0 Å². The zero-order chi connectivity index (χ0) is 24.8. The summed E-state index contributed by atoms with van der Waals surface area (Å²) in [6, 6.07) is 24.5. The second-order valence-electron chi connectivity index (χ2n) is 8.34. The smallest absolute Gasteiger partial charge is 0.238 e. The molecule has 0 N–H and O–H groups in total. The molecule has 0 bridgehead atoms. The van der Waals surface area contributed by atoms with Crippen LogP contribution in [0.2, 0.25) is 0 Å². The largest absolute Gasteiger partial charge is 0.493 e. The first-order valence-corrected chi connectivity index (χ1v) is 12.3. The van der Waals surface area contributed by atoms with Crippen molar-refractivity contribution in [1.29, 1.82) is 0 Å². The lowest BCUT2D eigenvalue weighted by molar-refractivity contribution is -0.134. The number of halogens is 1. The number of azide groups is 1. The zero-order valence-electron chi connectivity index (χ0n) is 19.6. The van der Waals surface area contributed by atoms with Crippen LogP contribution < -0.4 is 9.47 Å². The lowest BCUT2D eigenvalue weighted by Crippen LogP contribution is -2.40. The molecular formula is C27H27BrN4O3. The van der Waals surface area contributed by atoms with E-state index >= 15 is 0 Å². The summed E-state index contributed by atoms with van der Waals surface area (Å²) in [6.07, 6.45) is 1.69. The van der Waals surface area contributed by atoms with E-state index in [2.05, 4.69) is 50.2 Å². The van der Waals surface area contributed by atoms with Crippen LogP contribution in [0, 0.1) is 0 Å². The molecule has 1 amide bonds. The number of likely N-dealkylation sites (tertiary alicyclic amines) is 1. The fourth-order valence-electron chi connectivity index (χ4n) is 4.79. The number of nitrogens with zero attached hydrogens (tertiary/aromatic N) is 4. The maximum absolute atomic E-state index is 14.1. The highest BCUT2D eigenvalue weighted by Crippen LogP contribution is 2.46. The average Bonchev–Trinajstić information content (AvgIpc) is 3.36. The molecule has 0 spiro atoms. The molecule has 0 aliphatic carbocycles. The van der Waals surface area contributed by atoms with Crippen molar-refractivity contribution in [2.45, 2.75) is 35.8 Å². The lowest BCUT2D eigenvalue weighted by Gasteiger charge is -2.34. The topological polar surface area (TPSA) is 87.5 Å². The first kappa shape index (κ1) is 24.6. The quantitative estimate of drug-likeness (QED) is 0.136. The van der Waals surface area contributed by atoms with Crippen molar-refractivity contribution in [3.63, 3.8) is 0 Å². The standard InChI is InChI=1S/C27H27BrN4O3/c1-34-23-16-13-20(17-24(23)35-2)26(30-31-29)25(28)27(33)32-21(18-9-5-3-6-10-18)14-15-22(32)19-11-7-4-8-12-19/h3-13,16-17,21-22,25-26H,14-15H2,1-2H3/t21-,22-,25-,26-/m0/s1. The van der Waals surface area contributed by atoms with Gasteiger partial charge in [-0.2, -0.15) is 0 Å². The molecule has 4 atom stereocenters. The van der Waals surface area contributed by atoms with Crippen molar-refractivity contribution in [2.75, 3.05) is 14.2 Å². The Bertz CT molecular complexity index is 1150. The molecular weight excluding hydrogens is 508 g/mol. The number of carbonyl (C=O) groups excluding carboxylic acids is 1. The Morgan fingerprint density at radius 2 is 1.49 bits per heavy atom. The summed E-state index contributed by atoms with van der Waals surface area (Å²) >= 11 is 3.61. The highest BCUT2D eigenvalue weighted by atomic mass is 79.9. The molecule has 0 radical (unpaired) electrons. The molecule has 7 nitrogen and oxygen atoms in total. The monoisotopic (exact) mass is 534 g/mol. The van der Waals surface area contributed by atoms with Crippen LogP contribution in [0.4, 0.5) is 0 Å². The molecule has 8 heteroatoms. The van der Waals surface area contributed by atoms with E-state index in [1.165, 1.54) is 0 Å². The highest BCUT2D eigenvalue weighted by molar-refractivity contribution is 9.10. The summed E-state index contributed by atoms with van der Waals surface area (Å²) in [7, 11) is 3.10. The molecule has 0 saturated carbocycles. The lowest BCUT2D eigenvalue weighted by atomic mass is 10.0. The Labute approximate surface area is 213 Å². The number of methoxy groups -OCH3 is 2. The molecule has 0 unspecified atom stereocenters. The van der Waals surface area contributed by atoms with Crippen molar-refractivity contribution >= 4 is 21.8 Å². The number of carbonyl (C=O) groups is 1. The molecule has 0 aromatic heterocycles. The molecule has 3 aromatic carbocycles. The zero-order valence-corrected chi connectivity index (χ0v) is 21.2. The number of amides is 1. The van der Waals surface area contributed by atoms with E-state index in [9.17, 15) is 10.3 Å². The van der Waals surface area contributed by atoms with Crippen molar-refractivity contribution in [1.82, 2.24) is 4.90 Å². The third-order valence-electron chi connectivity index (χ3n) is 6.45. The van der Waals surface area contributed by atoms with Crippen LogP contribution in [0.5, 0.6) is 11.5 Å². The molecule has 3 aromatic rings. The van der Waals surface area contributed by atoms with Gasteiger partial charge in [-0.3, -0.25) is 4.79 Å². The van der Waals surface area contributed by atoms with Crippen LogP contribution >= 0.6 is 15.9 Å². The number of rotatable bonds is 8. The summed E-state index contributed by atoms with van der Waals surface area (Å²) < 4.78 is 10.8. The van der Waals surface area contributed by atoms with Gasteiger partial charge in [-0.15, -0.1) is 0 Å². The summed E-state index contributed by atoms with van der Waals surface area (Å²) in [5.41, 5.74) is 12.2. The molecule has 1 heterocycles. The summed E-state index contributed by atoms with van der Waals surface area (Å²) in [5, 5.41) is 4.00. The van der Waals surface area contributed by atoms with Gasteiger partial charge in [0.2, 0.25) is 5.91 Å². The van der Waals surface area contributed by atoms with Crippen LogP contribution in [0.25, 0.3) is 10.4 Å². The number of hydrogen-bond acceptors (Lipinski definition) is 4. The third-order valence-corrected chi connectivity index (χ3v) is 7.34. The maximum atomic E-state index is 14.1. The molecule has 1 fully saturated rings. The van der Waals surface area contributed by atoms with Crippen LogP contribution in [0.15, 0.2) is 84.0 Å². The van der Waals surface area contributed by atoms with E-state index in [1.807, 2.05) is 41.3 Å². The summed E-state index contributed by atoms with van der Waals surface area (Å²) in [5.74, 6) is 0.930. The third kappa shape index (κ3) is 5.14. The highest BCUT2D eigenvalue weighted by Gasteiger charge is 2.42. The molecule has 1 saturated heterocycles. The predicted octanol–water partition coefficient (Wildman–Crippen LogP) is 6.92. The fourth-order valence-corrected chi connectivity index (χ4v) is 5.43. The van der Waals surface area contributed by atoms with Gasteiger partial charge in [0, 0.05) is 4.91 Å². The molecule has 35 heavy (non-hydrogen) atoms. The molecule has 4 rings (SSSR count). The van der Waals surface area contributed by atoms with Gasteiger partial charge in [0.15, 0.2) is 11.5 Å². The summed E-state index contributed by atoms with van der Waals surface area (Å²) in [6.45, 7) is 0. The van der Waals surface area contributed by atoms with E-state index in [4.69, 9.17) is 9.47 Å². The van der Waals surface area contributed by atoms with Gasteiger partial charge in [0.05, 0.1) is 32.3 Å². The van der Waals surface area contributed by atoms with Gasteiger partial charge < -0.3 is 14.4 Å². The first-order valence-electron chi connectivity index (χ1n) is 11.4. The minimum absolute atomic E-state index is 0.0777. The van der Waals surface area contributed by atoms with Crippen molar-refractivity contribution in [3.05, 3.63) is 106 Å². The number of ether oxygens (including phenoxy) is 2. The van der Waals surface area contributed by atoms with Gasteiger partial charge >= 0.3 is 0 Å². The van der Waals surface area contributed by atoms with Gasteiger partial charge in [-0.1, -0.05) is 87.8 Å². The van der Waals surface area contributed by atoms with Gasteiger partial charge in [-0.25, -0.2) is 0 Å². The number of hydrogen-bond donors (Lipinski definition) is 0. The van der Waals surface area contributed by atoms with Crippen LogP contribution in [-0.4, -0.2) is 29.9 Å². The van der Waals surface area contributed by atoms with Crippen molar-refractivity contribution in [3.8, 4) is 11.5 Å². The second-order valence-corrected chi connectivity index (χ2v) is 9.33. The Morgan fingerprint density at radius 3 is 1.97 bits per heavy atom. The second kappa shape index (κ2) is 11.3. The Kier molecular flexibility index (Phi) is 7.95. The number of benzene rings is 3. The SMILES string of the molecule is COc1ccc([C@H](N=[N+]=[N-])[C@H](Br)C(=O)N2[C@H](c3ccccc3)CC[C@H]2c2ccccc2)cc1OC. The number of alkyl halides is 1. The first-order chi connectivity index (χ1) is 17.1. The summed E-state index contributed by atoms with van der Waals surface area (Å²) in [4.78, 5) is 18.3. The normalized spacial score (nSPS) is 18.9. The van der Waals surface area contributed by atoms with Crippen molar-refractivity contribution < 1.29 is 14.3 Å². The van der Waals surface area contributed by atoms with E-state index in [0.717, 1.165) is 24.0 Å². The van der Waals surface area contributed by atoms with Crippen LogP contribution in [-0.2, 0) is 4.79 Å². The Balaban J connectivity index is 1.72. The molecule has 1 aliphatic heterocycles. The van der Waals surface area contributed by atoms with E-state index in [0.29, 0.717) is 17.1 Å². The molecule has 1 aliphatic rings. The molecule has 180 valence electrons. The minimum atomic E-state index is -0.777. The van der Waals surface area contributed by atoms with Crippen LogP contribution in [0.3, 0.4) is 0 Å². The van der Waals surface area contributed by atoms with Gasteiger partial charge in [-0.05, 0) is 47.2 Å². The average molecular weight is 535 g/mol. The fraction of sp³-hybridized carbons (Fsp3) is 0.296. The van der Waals surface area contributed by atoms with E-state index < -0.39 is 10.9 Å². The van der Waals surface area contributed by atoms with Crippen LogP contribution in [0.1, 0.15) is 47.7 Å². The Morgan fingerprint density at radius 1 is 0.943 bits per heavy atom. The predicted molar refractivity (Wildman–Crippen MR) is 139 cm³/mol. The van der Waals surface area contributed by atoms with E-state index in [-0.39, 0.29) is 18.0 Å². The Hall–Kier alpha value is -3.48. The maximum Gasteiger partial charge on any atom is 0.238 e. The minimum Gasteiger partial charge on any atom is -0.493 e. The van der Waals surface area contributed by atoms with Gasteiger partial charge in [0.1, 0.15) is 4.83 Å². The van der Waals surface area contributed by atoms with Crippen molar-refractivity contribution in [2.24, 2.45) is 5.11 Å². The van der Waals surface area contributed by atoms with E-state index in [1.54, 1.807) is 32.4 Å².